The zero-order valence-corrected chi connectivity index (χ0v) is 15.8. The van der Waals surface area contributed by atoms with E-state index in [4.69, 9.17) is 0 Å². The number of rotatable bonds is 6. The minimum absolute atomic E-state index is 0.255. The van der Waals surface area contributed by atoms with E-state index >= 15 is 0 Å². The van der Waals surface area contributed by atoms with Crippen molar-refractivity contribution >= 4 is 33.4 Å². The molecule has 3 rings (SSSR count). The third-order valence-electron chi connectivity index (χ3n) is 3.74. The lowest BCUT2D eigenvalue weighted by Crippen LogP contribution is -2.32. The van der Waals surface area contributed by atoms with Crippen LogP contribution in [-0.2, 0) is 6.54 Å². The molecule has 1 N–H and O–H groups in total. The smallest absolute Gasteiger partial charge is 0.247 e. The van der Waals surface area contributed by atoms with Gasteiger partial charge in [-0.15, -0.1) is 5.10 Å². The van der Waals surface area contributed by atoms with Gasteiger partial charge in [0, 0.05) is 22.7 Å². The van der Waals surface area contributed by atoms with Crippen LogP contribution in [0.15, 0.2) is 65.3 Å². The molecule has 0 fully saturated rings. The summed E-state index contributed by atoms with van der Waals surface area (Å²) in [6.07, 6.45) is 1.63. The molecule has 0 saturated heterocycles. The van der Waals surface area contributed by atoms with Crippen molar-refractivity contribution in [1.29, 1.82) is 0 Å². The average molecular weight is 398 g/mol. The van der Waals surface area contributed by atoms with E-state index in [-0.39, 0.29) is 6.04 Å². The summed E-state index contributed by atoms with van der Waals surface area (Å²) in [5, 5.41) is 11.6. The molecular weight excluding hydrogens is 378 g/mol. The van der Waals surface area contributed by atoms with Crippen molar-refractivity contribution < 1.29 is 0 Å². The Labute approximate surface area is 156 Å². The van der Waals surface area contributed by atoms with Crippen molar-refractivity contribution in [2.45, 2.75) is 26.4 Å². The van der Waals surface area contributed by atoms with Crippen LogP contribution in [0.1, 0.15) is 19.4 Å². The molecule has 0 amide bonds. The Balaban J connectivity index is 1.81. The Bertz CT molecular complexity index is 806. The first-order valence-corrected chi connectivity index (χ1v) is 8.94. The molecule has 0 saturated carbocycles. The van der Waals surface area contributed by atoms with Crippen LogP contribution in [0.3, 0.4) is 0 Å². The zero-order valence-electron chi connectivity index (χ0n) is 14.2. The predicted octanol–water partition coefficient (Wildman–Crippen LogP) is 4.79. The lowest BCUT2D eigenvalue weighted by Gasteiger charge is -2.26. The molecule has 6 heteroatoms. The van der Waals surface area contributed by atoms with Crippen LogP contribution in [-0.4, -0.2) is 21.2 Å². The lowest BCUT2D eigenvalue weighted by molar-refractivity contribution is 0.653. The zero-order chi connectivity index (χ0) is 17.6. The molecule has 128 valence electrons. The summed E-state index contributed by atoms with van der Waals surface area (Å²) in [6, 6.07) is 18.5. The number of aromatic nitrogens is 3. The predicted molar refractivity (Wildman–Crippen MR) is 105 cm³/mol. The van der Waals surface area contributed by atoms with Gasteiger partial charge in [0.25, 0.3) is 0 Å². The van der Waals surface area contributed by atoms with Gasteiger partial charge in [0.2, 0.25) is 5.95 Å². The second-order valence-corrected chi connectivity index (χ2v) is 6.90. The first kappa shape index (κ1) is 17.4. The normalized spacial score (nSPS) is 10.7. The number of anilines is 3. The number of benzene rings is 2. The van der Waals surface area contributed by atoms with Gasteiger partial charge in [-0.1, -0.05) is 46.3 Å². The summed E-state index contributed by atoms with van der Waals surface area (Å²) in [5.41, 5.74) is 2.17. The molecule has 0 spiro atoms. The number of nitrogens with zero attached hydrogens (tertiary/aromatic N) is 4. The van der Waals surface area contributed by atoms with E-state index in [0.29, 0.717) is 11.8 Å². The fraction of sp³-hybridized carbons (Fsp3) is 0.211. The monoisotopic (exact) mass is 397 g/mol. The summed E-state index contributed by atoms with van der Waals surface area (Å²) in [6.45, 7) is 4.99. The molecule has 3 aromatic rings. The second-order valence-electron chi connectivity index (χ2n) is 5.98. The standard InChI is InChI=1S/C19H20BrN5/c1-14(2)25(13-15-6-4-3-5-7-15)19-23-18(12-21-24-19)22-17-10-8-16(20)9-11-17/h3-12,14H,13H2,1-2H3,(H,22,23,24). The van der Waals surface area contributed by atoms with E-state index in [0.717, 1.165) is 16.7 Å². The van der Waals surface area contributed by atoms with Crippen molar-refractivity contribution in [3.8, 4) is 0 Å². The highest BCUT2D eigenvalue weighted by molar-refractivity contribution is 9.10. The highest BCUT2D eigenvalue weighted by Gasteiger charge is 2.15. The Hall–Kier alpha value is -2.47. The van der Waals surface area contributed by atoms with Crippen molar-refractivity contribution in [3.05, 3.63) is 70.8 Å². The van der Waals surface area contributed by atoms with E-state index < -0.39 is 0 Å². The number of hydrogen-bond acceptors (Lipinski definition) is 5. The van der Waals surface area contributed by atoms with Crippen LogP contribution >= 0.6 is 15.9 Å². The minimum atomic E-state index is 0.255. The maximum atomic E-state index is 4.64. The highest BCUT2D eigenvalue weighted by atomic mass is 79.9. The van der Waals surface area contributed by atoms with Crippen molar-refractivity contribution in [2.75, 3.05) is 10.2 Å². The third-order valence-corrected chi connectivity index (χ3v) is 4.27. The van der Waals surface area contributed by atoms with E-state index in [2.05, 4.69) is 67.3 Å². The first-order valence-electron chi connectivity index (χ1n) is 8.15. The van der Waals surface area contributed by atoms with Gasteiger partial charge in [-0.25, -0.2) is 0 Å². The van der Waals surface area contributed by atoms with Crippen LogP contribution in [0.2, 0.25) is 0 Å². The van der Waals surface area contributed by atoms with E-state index in [1.165, 1.54) is 5.56 Å². The van der Waals surface area contributed by atoms with Gasteiger partial charge in [-0.2, -0.15) is 10.1 Å². The maximum absolute atomic E-state index is 4.64. The fourth-order valence-electron chi connectivity index (χ4n) is 2.42. The second kappa shape index (κ2) is 8.07. The van der Waals surface area contributed by atoms with E-state index in [9.17, 15) is 0 Å². The van der Waals surface area contributed by atoms with Gasteiger partial charge in [0.15, 0.2) is 5.82 Å². The van der Waals surface area contributed by atoms with Gasteiger partial charge in [-0.3, -0.25) is 0 Å². The number of halogens is 1. The van der Waals surface area contributed by atoms with Crippen LogP contribution in [0.25, 0.3) is 0 Å². The molecule has 0 aliphatic rings. The van der Waals surface area contributed by atoms with Crippen LogP contribution in [0.4, 0.5) is 17.5 Å². The molecule has 0 unspecified atom stereocenters. The number of hydrogen-bond donors (Lipinski definition) is 1. The lowest BCUT2D eigenvalue weighted by atomic mass is 10.2. The average Bonchev–Trinajstić information content (AvgIpc) is 2.62. The SMILES string of the molecule is CC(C)N(Cc1ccccc1)c1nncc(Nc2ccc(Br)cc2)n1. The quantitative estimate of drug-likeness (QED) is 0.647. The Kier molecular flexibility index (Phi) is 5.60. The van der Waals surface area contributed by atoms with Crippen LogP contribution in [0.5, 0.6) is 0 Å². The molecule has 1 aromatic heterocycles. The largest absolute Gasteiger partial charge is 0.339 e. The van der Waals surface area contributed by atoms with Crippen molar-refractivity contribution in [2.24, 2.45) is 0 Å². The Morgan fingerprint density at radius 3 is 2.44 bits per heavy atom. The molecule has 0 aliphatic carbocycles. The molecule has 2 aromatic carbocycles. The summed E-state index contributed by atoms with van der Waals surface area (Å²) in [4.78, 5) is 6.77. The summed E-state index contributed by atoms with van der Waals surface area (Å²) < 4.78 is 1.04. The van der Waals surface area contributed by atoms with Crippen molar-refractivity contribution in [1.82, 2.24) is 15.2 Å². The Morgan fingerprint density at radius 1 is 1.04 bits per heavy atom. The van der Waals surface area contributed by atoms with Gasteiger partial charge in [0.1, 0.15) is 0 Å². The van der Waals surface area contributed by atoms with Gasteiger partial charge < -0.3 is 10.2 Å². The van der Waals surface area contributed by atoms with E-state index in [1.54, 1.807) is 6.20 Å². The van der Waals surface area contributed by atoms with Gasteiger partial charge >= 0.3 is 0 Å². The summed E-state index contributed by atoms with van der Waals surface area (Å²) >= 11 is 3.44. The molecule has 0 atom stereocenters. The molecule has 0 aliphatic heterocycles. The number of nitrogens with one attached hydrogen (secondary N) is 1. The molecule has 0 bridgehead atoms. The maximum Gasteiger partial charge on any atom is 0.247 e. The summed E-state index contributed by atoms with van der Waals surface area (Å²) in [7, 11) is 0. The molecular formula is C19H20BrN5. The molecule has 5 nitrogen and oxygen atoms in total. The van der Waals surface area contributed by atoms with Crippen LogP contribution < -0.4 is 10.2 Å². The minimum Gasteiger partial charge on any atom is -0.339 e. The van der Waals surface area contributed by atoms with Crippen LogP contribution in [0, 0.1) is 0 Å². The summed E-state index contributed by atoms with van der Waals surface area (Å²) in [5.74, 6) is 1.28. The fourth-order valence-corrected chi connectivity index (χ4v) is 2.69. The topological polar surface area (TPSA) is 53.9 Å². The van der Waals surface area contributed by atoms with Crippen molar-refractivity contribution in [3.63, 3.8) is 0 Å². The van der Waals surface area contributed by atoms with Gasteiger partial charge in [-0.05, 0) is 43.7 Å². The Morgan fingerprint density at radius 2 is 1.76 bits per heavy atom. The highest BCUT2D eigenvalue weighted by Crippen LogP contribution is 2.20. The molecule has 1 heterocycles. The molecule has 0 radical (unpaired) electrons. The molecule has 25 heavy (non-hydrogen) atoms. The third kappa shape index (κ3) is 4.76. The van der Waals surface area contributed by atoms with Gasteiger partial charge in [0.05, 0.1) is 6.20 Å². The van der Waals surface area contributed by atoms with E-state index in [1.807, 2.05) is 42.5 Å². The first-order chi connectivity index (χ1) is 12.1.